The minimum absolute atomic E-state index is 0.0754. The van der Waals surface area contributed by atoms with E-state index in [2.05, 4.69) is 0 Å². The molecular weight excluding hydrogens is 363 g/mol. The van der Waals surface area contributed by atoms with E-state index in [1.54, 1.807) is 26.0 Å². The molecule has 0 aliphatic carbocycles. The summed E-state index contributed by atoms with van der Waals surface area (Å²) in [7, 11) is -4.64. The maximum atomic E-state index is 11.4. The van der Waals surface area contributed by atoms with Crippen molar-refractivity contribution in [3.8, 4) is 11.5 Å². The van der Waals surface area contributed by atoms with Crippen molar-refractivity contribution in [2.45, 2.75) is 24.2 Å². The normalized spacial score (nSPS) is 12.4. The lowest BCUT2D eigenvalue weighted by Crippen LogP contribution is -2.19. The van der Waals surface area contributed by atoms with E-state index in [1.807, 2.05) is 0 Å². The molecule has 0 saturated carbocycles. The Kier molecular flexibility index (Phi) is 4.56. The van der Waals surface area contributed by atoms with Crippen molar-refractivity contribution in [3.63, 3.8) is 0 Å². The van der Waals surface area contributed by atoms with Gasteiger partial charge in [-0.25, -0.2) is 0 Å². The quantitative estimate of drug-likeness (QED) is 0.704. The number of rotatable bonds is 3. The van der Waals surface area contributed by atoms with Crippen LogP contribution >= 0.6 is 23.2 Å². The summed E-state index contributed by atoms with van der Waals surface area (Å²) in [5, 5.41) is 19.2. The Balaban J connectivity index is 2.69. The lowest BCUT2D eigenvalue weighted by atomic mass is 9.78. The van der Waals surface area contributed by atoms with Gasteiger partial charge in [0.1, 0.15) is 10.6 Å². The average Bonchev–Trinajstić information content (AvgIpc) is 2.43. The molecule has 0 amide bonds. The minimum Gasteiger partial charge on any atom is -0.506 e. The van der Waals surface area contributed by atoms with Crippen molar-refractivity contribution in [1.82, 2.24) is 0 Å². The van der Waals surface area contributed by atoms with Crippen LogP contribution in [-0.2, 0) is 15.5 Å². The number of benzene rings is 2. The number of hydrogen-bond donors (Lipinski definition) is 3. The summed E-state index contributed by atoms with van der Waals surface area (Å²) < 4.78 is 32.0. The van der Waals surface area contributed by atoms with Gasteiger partial charge in [-0.2, -0.15) is 8.42 Å². The first-order valence-corrected chi connectivity index (χ1v) is 8.63. The summed E-state index contributed by atoms with van der Waals surface area (Å²) in [5.74, 6) is -0.786. The molecular formula is C15H14Cl2O5S. The molecule has 0 atom stereocenters. The van der Waals surface area contributed by atoms with Gasteiger partial charge in [-0.1, -0.05) is 43.1 Å². The first kappa shape index (κ1) is 17.9. The fourth-order valence-electron chi connectivity index (χ4n) is 2.19. The molecule has 124 valence electrons. The Morgan fingerprint density at radius 1 is 0.957 bits per heavy atom. The SMILES string of the molecule is CC(C)(c1ccc(O)c(Cl)c1)c1cc(Cl)c(O)c(S(=O)(=O)O)c1. The Morgan fingerprint density at radius 2 is 1.52 bits per heavy atom. The van der Waals surface area contributed by atoms with Crippen molar-refractivity contribution in [2.24, 2.45) is 0 Å². The zero-order valence-electron chi connectivity index (χ0n) is 12.2. The highest BCUT2D eigenvalue weighted by atomic mass is 35.5. The van der Waals surface area contributed by atoms with Crippen LogP contribution in [0.3, 0.4) is 0 Å². The zero-order valence-corrected chi connectivity index (χ0v) is 14.5. The third-order valence-electron chi connectivity index (χ3n) is 3.70. The monoisotopic (exact) mass is 376 g/mol. The van der Waals surface area contributed by atoms with E-state index in [1.165, 1.54) is 12.1 Å². The molecule has 0 aliphatic heterocycles. The molecule has 0 unspecified atom stereocenters. The summed E-state index contributed by atoms with van der Waals surface area (Å²) >= 11 is 11.8. The minimum atomic E-state index is -4.64. The smallest absolute Gasteiger partial charge is 0.298 e. The summed E-state index contributed by atoms with van der Waals surface area (Å²) in [4.78, 5) is -0.669. The standard InChI is InChI=1S/C15H14Cl2O5S/c1-15(2,8-3-4-12(18)10(16)5-8)9-6-11(17)14(19)13(7-9)23(20,21)22/h3-7,18-19H,1-2H3,(H,20,21,22). The zero-order chi connectivity index (χ0) is 17.6. The van der Waals surface area contributed by atoms with Crippen LogP contribution in [0, 0.1) is 0 Å². The van der Waals surface area contributed by atoms with Crippen molar-refractivity contribution in [1.29, 1.82) is 0 Å². The van der Waals surface area contributed by atoms with Gasteiger partial charge < -0.3 is 10.2 Å². The second-order valence-electron chi connectivity index (χ2n) is 5.57. The molecule has 8 heteroatoms. The molecule has 23 heavy (non-hydrogen) atoms. The molecule has 0 aliphatic rings. The molecule has 0 spiro atoms. The molecule has 5 nitrogen and oxygen atoms in total. The van der Waals surface area contributed by atoms with Gasteiger partial charge in [0.05, 0.1) is 10.0 Å². The number of phenols is 2. The topological polar surface area (TPSA) is 94.8 Å². The highest BCUT2D eigenvalue weighted by Gasteiger charge is 2.28. The van der Waals surface area contributed by atoms with E-state index in [4.69, 9.17) is 23.2 Å². The van der Waals surface area contributed by atoms with E-state index in [9.17, 15) is 23.2 Å². The summed E-state index contributed by atoms with van der Waals surface area (Å²) in [6, 6.07) is 7.16. The Labute approximate surface area is 143 Å². The number of phenolic OH excluding ortho intramolecular Hbond substituents is 2. The molecule has 2 rings (SSSR count). The van der Waals surface area contributed by atoms with E-state index in [0.717, 1.165) is 6.07 Å². The van der Waals surface area contributed by atoms with Gasteiger partial charge in [0.2, 0.25) is 0 Å². The van der Waals surface area contributed by atoms with Crippen LogP contribution in [0.25, 0.3) is 0 Å². The van der Waals surface area contributed by atoms with Crippen LogP contribution in [0.1, 0.15) is 25.0 Å². The summed E-state index contributed by atoms with van der Waals surface area (Å²) in [6.45, 7) is 3.57. The fourth-order valence-corrected chi connectivity index (χ4v) is 3.28. The third kappa shape index (κ3) is 3.40. The second-order valence-corrected chi connectivity index (χ2v) is 7.78. The molecule has 0 bridgehead atoms. The Bertz CT molecular complexity index is 876. The highest BCUT2D eigenvalue weighted by Crippen LogP contribution is 2.40. The van der Waals surface area contributed by atoms with Crippen LogP contribution in [0.2, 0.25) is 10.0 Å². The summed E-state index contributed by atoms with van der Waals surface area (Å²) in [6.07, 6.45) is 0. The Morgan fingerprint density at radius 3 is 2.04 bits per heavy atom. The van der Waals surface area contributed by atoms with Crippen LogP contribution in [0.5, 0.6) is 11.5 Å². The van der Waals surface area contributed by atoms with Gasteiger partial charge in [-0.15, -0.1) is 0 Å². The van der Waals surface area contributed by atoms with Gasteiger partial charge >= 0.3 is 0 Å². The largest absolute Gasteiger partial charge is 0.506 e. The van der Waals surface area contributed by atoms with E-state index >= 15 is 0 Å². The van der Waals surface area contributed by atoms with Crippen LogP contribution in [-0.4, -0.2) is 23.2 Å². The maximum Gasteiger partial charge on any atom is 0.298 e. The molecule has 0 fully saturated rings. The molecule has 0 radical (unpaired) electrons. The predicted molar refractivity (Wildman–Crippen MR) is 88.2 cm³/mol. The van der Waals surface area contributed by atoms with Gasteiger partial charge in [-0.3, -0.25) is 4.55 Å². The van der Waals surface area contributed by atoms with Crippen LogP contribution in [0.15, 0.2) is 35.2 Å². The molecule has 2 aromatic carbocycles. The van der Waals surface area contributed by atoms with E-state index in [-0.39, 0.29) is 15.8 Å². The predicted octanol–water partition coefficient (Wildman–Crippen LogP) is 3.98. The molecule has 2 aromatic rings. The van der Waals surface area contributed by atoms with Crippen LogP contribution < -0.4 is 0 Å². The second kappa shape index (κ2) is 5.87. The fraction of sp³-hybridized carbons (Fsp3) is 0.200. The van der Waals surface area contributed by atoms with Crippen molar-refractivity contribution in [3.05, 3.63) is 51.5 Å². The average molecular weight is 377 g/mol. The van der Waals surface area contributed by atoms with Crippen molar-refractivity contribution >= 4 is 33.3 Å². The maximum absolute atomic E-state index is 11.4. The number of halogens is 2. The van der Waals surface area contributed by atoms with Gasteiger partial charge in [0.15, 0.2) is 5.75 Å². The number of hydrogen-bond acceptors (Lipinski definition) is 4. The first-order chi connectivity index (χ1) is 10.4. The van der Waals surface area contributed by atoms with Gasteiger partial charge in [-0.05, 0) is 35.4 Å². The summed E-state index contributed by atoms with van der Waals surface area (Å²) in [5.41, 5.74) is 0.367. The van der Waals surface area contributed by atoms with Gasteiger partial charge in [0, 0.05) is 5.41 Å². The third-order valence-corrected chi connectivity index (χ3v) is 5.16. The first-order valence-electron chi connectivity index (χ1n) is 6.44. The van der Waals surface area contributed by atoms with Gasteiger partial charge in [0.25, 0.3) is 10.1 Å². The van der Waals surface area contributed by atoms with E-state index in [0.29, 0.717) is 11.1 Å². The lowest BCUT2D eigenvalue weighted by molar-refractivity contribution is 0.442. The Hall–Kier alpha value is -1.47. The molecule has 0 saturated heterocycles. The highest BCUT2D eigenvalue weighted by molar-refractivity contribution is 7.86. The van der Waals surface area contributed by atoms with Crippen molar-refractivity contribution in [2.75, 3.05) is 0 Å². The molecule has 0 heterocycles. The van der Waals surface area contributed by atoms with Crippen molar-refractivity contribution < 1.29 is 23.2 Å². The molecule has 0 aromatic heterocycles. The van der Waals surface area contributed by atoms with Crippen LogP contribution in [0.4, 0.5) is 0 Å². The number of aromatic hydroxyl groups is 2. The lowest BCUT2D eigenvalue weighted by Gasteiger charge is -2.27. The molecule has 3 N–H and O–H groups in total. The van der Waals surface area contributed by atoms with E-state index < -0.39 is 26.2 Å².